The second kappa shape index (κ2) is 11.6. The van der Waals surface area contributed by atoms with Crippen LogP contribution in [0.15, 0.2) is 42.5 Å². The lowest BCUT2D eigenvalue weighted by molar-refractivity contribution is 0.294. The van der Waals surface area contributed by atoms with E-state index in [-0.39, 0.29) is 18.4 Å². The summed E-state index contributed by atoms with van der Waals surface area (Å²) in [6, 6.07) is 13.6. The van der Waals surface area contributed by atoms with Crippen LogP contribution in [0.25, 0.3) is 0 Å². The van der Waals surface area contributed by atoms with Crippen LogP contribution in [0.4, 0.5) is 0 Å². The predicted molar refractivity (Wildman–Crippen MR) is 107 cm³/mol. The van der Waals surface area contributed by atoms with Gasteiger partial charge in [-0.3, -0.25) is 0 Å². The van der Waals surface area contributed by atoms with Gasteiger partial charge in [0.25, 0.3) is 0 Å². The first-order valence-corrected chi connectivity index (χ1v) is 8.57. The summed E-state index contributed by atoms with van der Waals surface area (Å²) in [6.45, 7) is 1.15. The first-order valence-electron chi connectivity index (χ1n) is 8.57. The van der Waals surface area contributed by atoms with E-state index in [4.69, 9.17) is 25.7 Å². The highest BCUT2D eigenvalue weighted by Crippen LogP contribution is 2.38. The molecule has 5 nitrogen and oxygen atoms in total. The number of rotatable bonds is 10. The number of unbranched alkanes of at least 4 members (excludes halogenated alkanes) is 1. The minimum atomic E-state index is -0.142. The predicted octanol–water partition coefficient (Wildman–Crippen LogP) is 3.83. The van der Waals surface area contributed by atoms with E-state index >= 15 is 0 Å². The third-order valence-corrected chi connectivity index (χ3v) is 4.12. The van der Waals surface area contributed by atoms with E-state index < -0.39 is 0 Å². The molecule has 0 aliphatic rings. The van der Waals surface area contributed by atoms with E-state index in [1.54, 1.807) is 14.2 Å². The van der Waals surface area contributed by atoms with Crippen molar-refractivity contribution in [2.45, 2.75) is 31.9 Å². The quantitative estimate of drug-likeness (QED) is 0.612. The summed E-state index contributed by atoms with van der Waals surface area (Å²) in [5.74, 6) is 2.00. The Hall–Kier alpha value is -1.95. The summed E-state index contributed by atoms with van der Waals surface area (Å²) in [5, 5.41) is 0. The van der Waals surface area contributed by atoms with Crippen molar-refractivity contribution < 1.29 is 14.2 Å². The van der Waals surface area contributed by atoms with Gasteiger partial charge in [0, 0.05) is 17.7 Å². The van der Waals surface area contributed by atoms with Crippen molar-refractivity contribution in [1.29, 1.82) is 0 Å². The van der Waals surface area contributed by atoms with Crippen molar-refractivity contribution in [2.75, 3.05) is 20.8 Å². The Morgan fingerprint density at radius 1 is 0.923 bits per heavy atom. The Labute approximate surface area is 162 Å². The zero-order valence-electron chi connectivity index (χ0n) is 15.4. The monoisotopic (exact) mass is 380 g/mol. The second-order valence-electron chi connectivity index (χ2n) is 5.91. The molecule has 0 bridgehead atoms. The van der Waals surface area contributed by atoms with Gasteiger partial charge in [-0.05, 0) is 31.0 Å². The summed E-state index contributed by atoms with van der Waals surface area (Å²) in [6.07, 6.45) is 2.78. The van der Waals surface area contributed by atoms with Crippen molar-refractivity contribution in [1.82, 2.24) is 0 Å². The number of hydrogen-bond donors (Lipinski definition) is 2. The number of nitrogens with two attached hydrogens (primary N) is 2. The van der Waals surface area contributed by atoms with Crippen molar-refractivity contribution >= 4 is 12.4 Å². The highest BCUT2D eigenvalue weighted by Gasteiger charge is 2.17. The minimum absolute atomic E-state index is 0. The van der Waals surface area contributed by atoms with E-state index in [1.807, 2.05) is 42.5 Å². The standard InChI is InChI=1S/C20H28N2O3.ClH/c1-23-19-12-16(17(22)10-6-7-11-21)18(13-20(19)24-2)25-14-15-8-4-3-5-9-15;/h3-5,8-9,12-13,17H,6-7,10-11,14,21-22H2,1-2H3;1H/t17-;/m1./s1. The molecule has 2 rings (SSSR count). The summed E-state index contributed by atoms with van der Waals surface area (Å²) >= 11 is 0. The molecule has 2 aromatic carbocycles. The molecule has 2 aromatic rings. The Balaban J connectivity index is 0.00000338. The molecule has 6 heteroatoms. The maximum atomic E-state index is 6.40. The first kappa shape index (κ1) is 22.1. The maximum absolute atomic E-state index is 6.40. The molecule has 0 spiro atoms. The van der Waals surface area contributed by atoms with Gasteiger partial charge in [-0.25, -0.2) is 0 Å². The fraction of sp³-hybridized carbons (Fsp3) is 0.400. The van der Waals surface area contributed by atoms with Crippen LogP contribution in [0.1, 0.15) is 36.4 Å². The zero-order valence-corrected chi connectivity index (χ0v) is 16.3. The molecule has 0 unspecified atom stereocenters. The van der Waals surface area contributed by atoms with Gasteiger partial charge < -0.3 is 25.7 Å². The molecule has 0 aliphatic carbocycles. The molecule has 0 aromatic heterocycles. The Morgan fingerprint density at radius 3 is 2.19 bits per heavy atom. The van der Waals surface area contributed by atoms with Crippen LogP contribution in [-0.2, 0) is 6.61 Å². The number of halogens is 1. The normalized spacial score (nSPS) is 11.4. The van der Waals surface area contributed by atoms with E-state index in [0.29, 0.717) is 24.7 Å². The van der Waals surface area contributed by atoms with Crippen molar-refractivity contribution in [3.8, 4) is 17.2 Å². The van der Waals surface area contributed by atoms with Gasteiger partial charge in [0.1, 0.15) is 12.4 Å². The maximum Gasteiger partial charge on any atom is 0.164 e. The van der Waals surface area contributed by atoms with Crippen molar-refractivity contribution in [3.05, 3.63) is 53.6 Å². The second-order valence-corrected chi connectivity index (χ2v) is 5.91. The fourth-order valence-electron chi connectivity index (χ4n) is 2.69. The Bertz CT molecular complexity index is 653. The highest BCUT2D eigenvalue weighted by atomic mass is 35.5. The van der Waals surface area contributed by atoms with Crippen LogP contribution in [0.5, 0.6) is 17.2 Å². The smallest absolute Gasteiger partial charge is 0.164 e. The molecule has 0 radical (unpaired) electrons. The average Bonchev–Trinajstić information content (AvgIpc) is 2.66. The van der Waals surface area contributed by atoms with Crippen molar-refractivity contribution in [2.24, 2.45) is 11.5 Å². The third-order valence-electron chi connectivity index (χ3n) is 4.12. The van der Waals surface area contributed by atoms with Crippen LogP contribution >= 0.6 is 12.4 Å². The van der Waals surface area contributed by atoms with Crippen LogP contribution in [0.3, 0.4) is 0 Å². The molecule has 144 valence electrons. The van der Waals surface area contributed by atoms with E-state index in [2.05, 4.69) is 0 Å². The molecule has 0 heterocycles. The highest BCUT2D eigenvalue weighted by molar-refractivity contribution is 5.85. The number of ether oxygens (including phenoxy) is 3. The molecule has 0 saturated heterocycles. The van der Waals surface area contributed by atoms with Gasteiger partial charge >= 0.3 is 0 Å². The number of methoxy groups -OCH3 is 2. The molecule has 0 saturated carbocycles. The van der Waals surface area contributed by atoms with E-state index in [1.165, 1.54) is 0 Å². The van der Waals surface area contributed by atoms with Crippen LogP contribution in [0, 0.1) is 0 Å². The van der Waals surface area contributed by atoms with Crippen molar-refractivity contribution in [3.63, 3.8) is 0 Å². The SMILES string of the molecule is COc1cc(OCc2ccccc2)c([C@H](N)CCCCN)cc1OC.Cl. The van der Waals surface area contributed by atoms with Crippen LogP contribution < -0.4 is 25.7 Å². The van der Waals surface area contributed by atoms with Gasteiger partial charge in [0.15, 0.2) is 11.5 Å². The van der Waals surface area contributed by atoms with Crippen LogP contribution in [-0.4, -0.2) is 20.8 Å². The lowest BCUT2D eigenvalue weighted by atomic mass is 10.00. The molecule has 0 fully saturated rings. The average molecular weight is 381 g/mol. The van der Waals surface area contributed by atoms with Gasteiger partial charge in [-0.1, -0.05) is 36.8 Å². The lowest BCUT2D eigenvalue weighted by Crippen LogP contribution is -2.13. The molecular weight excluding hydrogens is 352 g/mol. The molecular formula is C20H29ClN2O3. The number of hydrogen-bond acceptors (Lipinski definition) is 5. The molecule has 4 N–H and O–H groups in total. The first-order chi connectivity index (χ1) is 12.2. The summed E-state index contributed by atoms with van der Waals surface area (Å²) in [5.41, 5.74) is 14.0. The molecule has 26 heavy (non-hydrogen) atoms. The summed E-state index contributed by atoms with van der Waals surface area (Å²) < 4.78 is 16.9. The number of benzene rings is 2. The lowest BCUT2D eigenvalue weighted by Gasteiger charge is -2.20. The van der Waals surface area contributed by atoms with Crippen LogP contribution in [0.2, 0.25) is 0 Å². The third kappa shape index (κ3) is 6.09. The van der Waals surface area contributed by atoms with Gasteiger partial charge in [-0.2, -0.15) is 0 Å². The fourth-order valence-corrected chi connectivity index (χ4v) is 2.69. The Morgan fingerprint density at radius 2 is 1.58 bits per heavy atom. The van der Waals surface area contributed by atoms with E-state index in [9.17, 15) is 0 Å². The molecule has 1 atom stereocenters. The van der Waals surface area contributed by atoms with E-state index in [0.717, 1.165) is 36.1 Å². The molecule has 0 aliphatic heterocycles. The van der Waals surface area contributed by atoms with Gasteiger partial charge in [0.05, 0.1) is 14.2 Å². The molecule has 0 amide bonds. The zero-order chi connectivity index (χ0) is 18.1. The van der Waals surface area contributed by atoms with Gasteiger partial charge in [-0.15, -0.1) is 12.4 Å². The largest absolute Gasteiger partial charge is 0.493 e. The topological polar surface area (TPSA) is 79.7 Å². The Kier molecular flexibility index (Phi) is 9.88. The summed E-state index contributed by atoms with van der Waals surface area (Å²) in [4.78, 5) is 0. The van der Waals surface area contributed by atoms with Gasteiger partial charge in [0.2, 0.25) is 0 Å². The summed E-state index contributed by atoms with van der Waals surface area (Å²) in [7, 11) is 3.23. The minimum Gasteiger partial charge on any atom is -0.493 e.